The molecule has 0 aliphatic heterocycles. The fourth-order valence-corrected chi connectivity index (χ4v) is 1.84. The molecule has 0 radical (unpaired) electrons. The molecule has 4 nitrogen and oxygen atoms in total. The average molecular weight is 303 g/mol. The zero-order valence-corrected chi connectivity index (χ0v) is 11.1. The molecular formula is C11H6Cl3N3O. The van der Waals surface area contributed by atoms with E-state index < -0.39 is 5.91 Å². The molecule has 0 aliphatic carbocycles. The van der Waals surface area contributed by atoms with Crippen LogP contribution >= 0.6 is 34.8 Å². The summed E-state index contributed by atoms with van der Waals surface area (Å²) in [5.41, 5.74) is 0.211. The van der Waals surface area contributed by atoms with Crippen molar-refractivity contribution in [3.63, 3.8) is 0 Å². The number of carbonyl (C=O) groups excluding carboxylic acids is 1. The average Bonchev–Trinajstić information content (AvgIpc) is 2.28. The van der Waals surface area contributed by atoms with Crippen LogP contribution in [0.15, 0.2) is 30.3 Å². The Balaban J connectivity index is 2.22. The summed E-state index contributed by atoms with van der Waals surface area (Å²) in [6.07, 6.45) is 0. The van der Waals surface area contributed by atoms with Crippen molar-refractivity contribution < 1.29 is 4.79 Å². The van der Waals surface area contributed by atoms with E-state index >= 15 is 0 Å². The monoisotopic (exact) mass is 301 g/mol. The molecule has 0 atom stereocenters. The molecule has 92 valence electrons. The molecule has 0 saturated carbocycles. The van der Waals surface area contributed by atoms with E-state index in [0.29, 0.717) is 5.82 Å². The van der Waals surface area contributed by atoms with Crippen molar-refractivity contribution in [2.75, 3.05) is 5.32 Å². The van der Waals surface area contributed by atoms with Crippen LogP contribution in [-0.2, 0) is 0 Å². The van der Waals surface area contributed by atoms with Crippen molar-refractivity contribution in [3.05, 3.63) is 51.4 Å². The Labute approximate surface area is 118 Å². The van der Waals surface area contributed by atoms with Crippen LogP contribution in [0.4, 0.5) is 5.82 Å². The number of hydrogen-bond donors (Lipinski definition) is 1. The lowest BCUT2D eigenvalue weighted by atomic mass is 10.2. The van der Waals surface area contributed by atoms with Gasteiger partial charge in [-0.1, -0.05) is 40.9 Å². The van der Waals surface area contributed by atoms with Crippen molar-refractivity contribution >= 4 is 46.5 Å². The van der Waals surface area contributed by atoms with Crippen LogP contribution in [-0.4, -0.2) is 15.9 Å². The summed E-state index contributed by atoms with van der Waals surface area (Å²) >= 11 is 17.2. The largest absolute Gasteiger partial charge is 0.306 e. The Morgan fingerprint density at radius 3 is 2.39 bits per heavy atom. The Hall–Kier alpha value is -1.36. The quantitative estimate of drug-likeness (QED) is 0.861. The van der Waals surface area contributed by atoms with Gasteiger partial charge in [0.2, 0.25) is 0 Å². The molecule has 1 N–H and O–H groups in total. The van der Waals surface area contributed by atoms with Gasteiger partial charge < -0.3 is 5.32 Å². The highest BCUT2D eigenvalue weighted by Gasteiger charge is 2.12. The van der Waals surface area contributed by atoms with Crippen LogP contribution in [0.25, 0.3) is 0 Å². The first kappa shape index (κ1) is 13.1. The number of aromatic nitrogens is 2. The van der Waals surface area contributed by atoms with E-state index in [9.17, 15) is 4.79 Å². The second-order valence-electron chi connectivity index (χ2n) is 3.27. The molecule has 0 bridgehead atoms. The van der Waals surface area contributed by atoms with Crippen LogP contribution in [0.2, 0.25) is 15.5 Å². The maximum Gasteiger partial charge on any atom is 0.259 e. The molecular weight excluding hydrogens is 296 g/mol. The molecule has 0 spiro atoms. The zero-order chi connectivity index (χ0) is 13.1. The molecule has 0 aliphatic rings. The number of rotatable bonds is 2. The van der Waals surface area contributed by atoms with Gasteiger partial charge in [-0.2, -0.15) is 0 Å². The van der Waals surface area contributed by atoms with Crippen molar-refractivity contribution in [1.29, 1.82) is 0 Å². The molecule has 1 amide bonds. The van der Waals surface area contributed by atoms with Crippen LogP contribution < -0.4 is 5.32 Å². The van der Waals surface area contributed by atoms with Crippen LogP contribution in [0, 0.1) is 0 Å². The molecule has 0 aromatic carbocycles. The van der Waals surface area contributed by atoms with E-state index in [2.05, 4.69) is 15.3 Å². The lowest BCUT2D eigenvalue weighted by molar-refractivity contribution is 0.102. The van der Waals surface area contributed by atoms with Gasteiger partial charge in [0.1, 0.15) is 21.3 Å². The zero-order valence-electron chi connectivity index (χ0n) is 8.82. The Morgan fingerprint density at radius 1 is 1.00 bits per heavy atom. The molecule has 0 saturated heterocycles. The number of nitrogens with one attached hydrogen (secondary N) is 1. The smallest absolute Gasteiger partial charge is 0.259 e. The molecule has 0 fully saturated rings. The molecule has 2 heterocycles. The SMILES string of the molecule is O=C(Nc1cccc(Cl)n1)c1ccc(Cl)nc1Cl. The number of carbonyl (C=O) groups is 1. The number of nitrogens with zero attached hydrogens (tertiary/aromatic N) is 2. The maximum absolute atomic E-state index is 11.9. The van der Waals surface area contributed by atoms with Crippen molar-refractivity contribution in [2.45, 2.75) is 0 Å². The fraction of sp³-hybridized carbons (Fsp3) is 0. The van der Waals surface area contributed by atoms with Gasteiger partial charge in [-0.05, 0) is 24.3 Å². The molecule has 18 heavy (non-hydrogen) atoms. The predicted octanol–water partition coefficient (Wildman–Crippen LogP) is 3.69. The first-order chi connectivity index (χ1) is 8.56. The van der Waals surface area contributed by atoms with Crippen molar-refractivity contribution in [1.82, 2.24) is 9.97 Å². The normalized spacial score (nSPS) is 10.2. The third-order valence-corrected chi connectivity index (χ3v) is 2.73. The van der Waals surface area contributed by atoms with E-state index in [1.165, 1.54) is 12.1 Å². The number of halogens is 3. The van der Waals surface area contributed by atoms with Crippen LogP contribution in [0.1, 0.15) is 10.4 Å². The summed E-state index contributed by atoms with van der Waals surface area (Å²) in [4.78, 5) is 19.6. The summed E-state index contributed by atoms with van der Waals surface area (Å²) in [6, 6.07) is 7.85. The number of pyridine rings is 2. The molecule has 7 heteroatoms. The van der Waals surface area contributed by atoms with Gasteiger partial charge >= 0.3 is 0 Å². The van der Waals surface area contributed by atoms with Crippen LogP contribution in [0.5, 0.6) is 0 Å². The van der Waals surface area contributed by atoms with Crippen LogP contribution in [0.3, 0.4) is 0 Å². The van der Waals surface area contributed by atoms with Gasteiger partial charge in [0.25, 0.3) is 5.91 Å². The summed E-state index contributed by atoms with van der Waals surface area (Å²) in [5.74, 6) is -0.0996. The first-order valence-corrected chi connectivity index (χ1v) is 5.95. The van der Waals surface area contributed by atoms with Gasteiger partial charge in [0.15, 0.2) is 0 Å². The second-order valence-corrected chi connectivity index (χ2v) is 4.40. The number of amides is 1. The number of hydrogen-bond acceptors (Lipinski definition) is 3. The van der Waals surface area contributed by atoms with E-state index in [4.69, 9.17) is 34.8 Å². The minimum Gasteiger partial charge on any atom is -0.306 e. The highest BCUT2D eigenvalue weighted by molar-refractivity contribution is 6.35. The highest BCUT2D eigenvalue weighted by atomic mass is 35.5. The van der Waals surface area contributed by atoms with Gasteiger partial charge in [0.05, 0.1) is 5.56 Å². The topological polar surface area (TPSA) is 54.9 Å². The van der Waals surface area contributed by atoms with Gasteiger partial charge in [-0.15, -0.1) is 0 Å². The highest BCUT2D eigenvalue weighted by Crippen LogP contribution is 2.18. The lowest BCUT2D eigenvalue weighted by Crippen LogP contribution is -2.13. The summed E-state index contributed by atoms with van der Waals surface area (Å²) < 4.78 is 0. The Bertz CT molecular complexity index is 604. The van der Waals surface area contributed by atoms with E-state index in [-0.39, 0.29) is 21.0 Å². The van der Waals surface area contributed by atoms with E-state index in [1.807, 2.05) is 0 Å². The minimum atomic E-state index is -0.432. The maximum atomic E-state index is 11.9. The van der Waals surface area contributed by atoms with Crippen molar-refractivity contribution in [3.8, 4) is 0 Å². The van der Waals surface area contributed by atoms with E-state index in [0.717, 1.165) is 0 Å². The molecule has 0 unspecified atom stereocenters. The van der Waals surface area contributed by atoms with E-state index in [1.54, 1.807) is 18.2 Å². The number of anilines is 1. The van der Waals surface area contributed by atoms with Gasteiger partial charge in [0, 0.05) is 0 Å². The Morgan fingerprint density at radius 2 is 1.72 bits per heavy atom. The summed E-state index contributed by atoms with van der Waals surface area (Å²) in [7, 11) is 0. The first-order valence-electron chi connectivity index (χ1n) is 4.82. The van der Waals surface area contributed by atoms with Gasteiger partial charge in [-0.3, -0.25) is 4.79 Å². The third-order valence-electron chi connectivity index (χ3n) is 2.02. The summed E-state index contributed by atoms with van der Waals surface area (Å²) in [5, 5.41) is 3.09. The predicted molar refractivity (Wildman–Crippen MR) is 71.5 cm³/mol. The van der Waals surface area contributed by atoms with Gasteiger partial charge in [-0.25, -0.2) is 9.97 Å². The fourth-order valence-electron chi connectivity index (χ4n) is 1.24. The van der Waals surface area contributed by atoms with Crippen molar-refractivity contribution in [2.24, 2.45) is 0 Å². The molecule has 2 aromatic rings. The third kappa shape index (κ3) is 3.10. The molecule has 2 aromatic heterocycles. The minimum absolute atomic E-state index is 0.0297. The lowest BCUT2D eigenvalue weighted by Gasteiger charge is -2.05. The Kier molecular flexibility index (Phi) is 4.01. The molecule has 2 rings (SSSR count). The summed E-state index contributed by atoms with van der Waals surface area (Å²) in [6.45, 7) is 0. The second kappa shape index (κ2) is 5.52. The standard InChI is InChI=1S/C11H6Cl3N3O/c12-7-2-1-3-9(15-7)17-11(18)6-4-5-8(13)16-10(6)14/h1-5H,(H,15,17,18).